The summed E-state index contributed by atoms with van der Waals surface area (Å²) in [6.45, 7) is 2.91. The Morgan fingerprint density at radius 3 is 2.84 bits per heavy atom. The van der Waals surface area contributed by atoms with E-state index in [1.807, 2.05) is 0 Å². The number of rotatable bonds is 4. The number of benzene rings is 1. The van der Waals surface area contributed by atoms with Crippen molar-refractivity contribution in [3.63, 3.8) is 0 Å². The summed E-state index contributed by atoms with van der Waals surface area (Å²) in [6, 6.07) is 4.04. The number of hydrogen-bond acceptors (Lipinski definition) is 2. The fourth-order valence-corrected chi connectivity index (χ4v) is 1.65. The van der Waals surface area contributed by atoms with E-state index >= 15 is 0 Å². The van der Waals surface area contributed by atoms with Crippen LogP contribution in [0.3, 0.4) is 0 Å². The van der Waals surface area contributed by atoms with Crippen molar-refractivity contribution in [2.45, 2.75) is 19.8 Å². The van der Waals surface area contributed by atoms with Gasteiger partial charge in [0.15, 0.2) is 0 Å². The lowest BCUT2D eigenvalue weighted by molar-refractivity contribution is 0.0792. The summed E-state index contributed by atoms with van der Waals surface area (Å²) in [5.74, 6) is 4.84. The molecule has 0 fully saturated rings. The highest BCUT2D eigenvalue weighted by atomic mass is 19.1. The van der Waals surface area contributed by atoms with Crippen LogP contribution in [0.25, 0.3) is 0 Å². The third-order valence-electron chi connectivity index (χ3n) is 2.73. The van der Waals surface area contributed by atoms with Gasteiger partial charge in [0, 0.05) is 19.2 Å². The maximum atomic E-state index is 13.3. The van der Waals surface area contributed by atoms with E-state index in [2.05, 4.69) is 18.8 Å². The number of nitrogens with two attached hydrogens (primary N) is 1. The van der Waals surface area contributed by atoms with Gasteiger partial charge >= 0.3 is 0 Å². The van der Waals surface area contributed by atoms with Crippen molar-refractivity contribution >= 4 is 5.91 Å². The first-order valence-corrected chi connectivity index (χ1v) is 6.34. The van der Waals surface area contributed by atoms with Crippen molar-refractivity contribution in [1.29, 1.82) is 0 Å². The number of nitrogens with zero attached hydrogens (tertiary/aromatic N) is 1. The molecule has 1 rings (SSSR count). The van der Waals surface area contributed by atoms with Crippen molar-refractivity contribution < 1.29 is 9.18 Å². The minimum Gasteiger partial charge on any atom is -0.342 e. The first kappa shape index (κ1) is 15.2. The summed E-state index contributed by atoms with van der Waals surface area (Å²) in [5, 5.41) is 0. The van der Waals surface area contributed by atoms with E-state index in [-0.39, 0.29) is 12.5 Å². The zero-order valence-corrected chi connectivity index (χ0v) is 11.4. The Morgan fingerprint density at radius 1 is 1.47 bits per heavy atom. The molecule has 102 valence electrons. The second kappa shape index (κ2) is 7.55. The zero-order valence-electron chi connectivity index (χ0n) is 11.4. The Labute approximate surface area is 113 Å². The highest BCUT2D eigenvalue weighted by Crippen LogP contribution is 2.13. The number of unbranched alkanes of at least 4 members (excludes halogenated alkanes) is 1. The Balaban J connectivity index is 3.03. The van der Waals surface area contributed by atoms with Crippen molar-refractivity contribution in [2.24, 2.45) is 5.73 Å². The van der Waals surface area contributed by atoms with Crippen molar-refractivity contribution in [1.82, 2.24) is 4.90 Å². The van der Waals surface area contributed by atoms with Crippen LogP contribution in [-0.4, -0.2) is 30.9 Å². The quantitative estimate of drug-likeness (QED) is 0.844. The monoisotopic (exact) mass is 262 g/mol. The highest BCUT2D eigenvalue weighted by Gasteiger charge is 2.15. The van der Waals surface area contributed by atoms with Crippen LogP contribution in [0.4, 0.5) is 4.39 Å². The maximum absolute atomic E-state index is 13.3. The summed E-state index contributed by atoms with van der Waals surface area (Å²) in [6.07, 6.45) is 1.92. The molecule has 0 saturated heterocycles. The molecular formula is C15H19FN2O. The molecule has 1 amide bonds. The van der Waals surface area contributed by atoms with Crippen LogP contribution in [0.5, 0.6) is 0 Å². The van der Waals surface area contributed by atoms with Gasteiger partial charge in [0.25, 0.3) is 5.91 Å². The Kier molecular flexibility index (Phi) is 6.04. The van der Waals surface area contributed by atoms with E-state index in [1.54, 1.807) is 11.9 Å². The average Bonchev–Trinajstić information content (AvgIpc) is 2.42. The summed E-state index contributed by atoms with van der Waals surface area (Å²) in [7, 11) is 1.71. The van der Waals surface area contributed by atoms with Crippen LogP contribution in [0.1, 0.15) is 35.7 Å². The van der Waals surface area contributed by atoms with Crippen molar-refractivity contribution in [3.8, 4) is 11.8 Å². The normalized spacial score (nSPS) is 9.68. The third kappa shape index (κ3) is 4.38. The largest absolute Gasteiger partial charge is 0.342 e. The molecule has 0 saturated carbocycles. The Bertz CT molecular complexity index is 503. The van der Waals surface area contributed by atoms with Gasteiger partial charge in [-0.3, -0.25) is 4.79 Å². The van der Waals surface area contributed by atoms with Crippen LogP contribution in [0, 0.1) is 17.7 Å². The van der Waals surface area contributed by atoms with Crippen molar-refractivity contribution in [2.75, 3.05) is 20.1 Å². The van der Waals surface area contributed by atoms with E-state index in [1.165, 1.54) is 18.2 Å². The lowest BCUT2D eigenvalue weighted by Crippen LogP contribution is -2.28. The number of amides is 1. The van der Waals surface area contributed by atoms with Crippen LogP contribution >= 0.6 is 0 Å². The second-order valence-corrected chi connectivity index (χ2v) is 4.28. The Morgan fingerprint density at radius 2 is 2.21 bits per heavy atom. The van der Waals surface area contributed by atoms with Crippen LogP contribution < -0.4 is 5.73 Å². The number of halogens is 1. The molecule has 1 aromatic rings. The van der Waals surface area contributed by atoms with E-state index in [9.17, 15) is 9.18 Å². The predicted octanol–water partition coefficient (Wildman–Crippen LogP) is 2.01. The lowest BCUT2D eigenvalue weighted by atomic mass is 10.1. The van der Waals surface area contributed by atoms with Gasteiger partial charge in [-0.15, -0.1) is 0 Å². The molecule has 0 aromatic heterocycles. The molecule has 1 aromatic carbocycles. The van der Waals surface area contributed by atoms with Gasteiger partial charge in [0.1, 0.15) is 5.82 Å². The van der Waals surface area contributed by atoms with Gasteiger partial charge in [0.2, 0.25) is 0 Å². The molecule has 4 heteroatoms. The fourth-order valence-electron chi connectivity index (χ4n) is 1.65. The smallest absolute Gasteiger partial charge is 0.254 e. The number of carbonyl (C=O) groups excluding carboxylic acids is 1. The lowest BCUT2D eigenvalue weighted by Gasteiger charge is -2.17. The molecule has 0 heterocycles. The minimum absolute atomic E-state index is 0.205. The van der Waals surface area contributed by atoms with Gasteiger partial charge < -0.3 is 10.6 Å². The third-order valence-corrected chi connectivity index (χ3v) is 2.73. The van der Waals surface area contributed by atoms with Gasteiger partial charge in [-0.05, 0) is 24.6 Å². The molecule has 0 bridgehead atoms. The molecular weight excluding hydrogens is 243 g/mol. The van der Waals surface area contributed by atoms with Crippen LogP contribution in [0.2, 0.25) is 0 Å². The summed E-state index contributed by atoms with van der Waals surface area (Å²) >= 11 is 0. The first-order valence-electron chi connectivity index (χ1n) is 6.34. The number of carbonyl (C=O) groups is 1. The molecule has 3 nitrogen and oxygen atoms in total. The highest BCUT2D eigenvalue weighted by molar-refractivity contribution is 5.96. The summed E-state index contributed by atoms with van der Waals surface area (Å²) < 4.78 is 13.3. The predicted molar refractivity (Wildman–Crippen MR) is 74.2 cm³/mol. The van der Waals surface area contributed by atoms with E-state index < -0.39 is 5.82 Å². The molecule has 0 aliphatic heterocycles. The standard InChI is InChI=1S/C15H19FN2O/c1-3-4-10-18(2)15(19)14-11-13(16)8-7-12(14)6-5-9-17/h7-8,11H,3-4,9-10,17H2,1-2H3. The van der Waals surface area contributed by atoms with Crippen molar-refractivity contribution in [3.05, 3.63) is 35.1 Å². The zero-order chi connectivity index (χ0) is 14.3. The van der Waals surface area contributed by atoms with E-state index in [0.717, 1.165) is 12.8 Å². The van der Waals surface area contributed by atoms with Crippen LogP contribution in [-0.2, 0) is 0 Å². The molecule has 0 aliphatic carbocycles. The molecule has 2 N–H and O–H groups in total. The SMILES string of the molecule is CCCCN(C)C(=O)c1cc(F)ccc1C#CCN. The maximum Gasteiger partial charge on any atom is 0.254 e. The fraction of sp³-hybridized carbons (Fsp3) is 0.400. The molecule has 19 heavy (non-hydrogen) atoms. The van der Waals surface area contributed by atoms with Gasteiger partial charge in [0.05, 0.1) is 12.1 Å². The second-order valence-electron chi connectivity index (χ2n) is 4.28. The first-order chi connectivity index (χ1) is 9.10. The summed E-state index contributed by atoms with van der Waals surface area (Å²) in [4.78, 5) is 13.8. The van der Waals surface area contributed by atoms with Crippen LogP contribution in [0.15, 0.2) is 18.2 Å². The molecule has 0 aliphatic rings. The molecule has 0 unspecified atom stereocenters. The molecule has 0 atom stereocenters. The Hall–Kier alpha value is -1.86. The van der Waals surface area contributed by atoms with Gasteiger partial charge in [-0.2, -0.15) is 0 Å². The molecule has 0 spiro atoms. The molecule has 0 radical (unpaired) electrons. The topological polar surface area (TPSA) is 46.3 Å². The number of hydrogen-bond donors (Lipinski definition) is 1. The minimum atomic E-state index is -0.439. The average molecular weight is 262 g/mol. The van der Waals surface area contributed by atoms with E-state index in [0.29, 0.717) is 17.7 Å². The van der Waals surface area contributed by atoms with Gasteiger partial charge in [-0.1, -0.05) is 25.2 Å². The summed E-state index contributed by atoms with van der Waals surface area (Å²) in [5.41, 5.74) is 6.12. The van der Waals surface area contributed by atoms with E-state index in [4.69, 9.17) is 5.73 Å². The van der Waals surface area contributed by atoms with Gasteiger partial charge in [-0.25, -0.2) is 4.39 Å².